The molecule has 0 N–H and O–H groups in total. The molecule has 0 saturated heterocycles. The molecule has 0 aliphatic carbocycles. The molecule has 3 nitrogen and oxygen atoms in total. The molecule has 0 aromatic carbocycles. The van der Waals surface area contributed by atoms with E-state index >= 15 is 0 Å². The van der Waals surface area contributed by atoms with Gasteiger partial charge in [-0.25, -0.2) is 4.52 Å². The van der Waals surface area contributed by atoms with Gasteiger partial charge in [-0.2, -0.15) is 5.10 Å². The van der Waals surface area contributed by atoms with E-state index in [1.807, 2.05) is 35.0 Å². The first-order valence-corrected chi connectivity index (χ1v) is 3.82. The van der Waals surface area contributed by atoms with Crippen molar-refractivity contribution in [2.75, 3.05) is 7.11 Å². The van der Waals surface area contributed by atoms with Gasteiger partial charge in [0.2, 0.25) is 0 Å². The molecule has 0 unspecified atom stereocenters. The van der Waals surface area contributed by atoms with Crippen LogP contribution in [-0.2, 0) is 11.3 Å². The molecular weight excluding hydrogens is 152 g/mol. The fourth-order valence-electron chi connectivity index (χ4n) is 1.21. The van der Waals surface area contributed by atoms with E-state index in [0.717, 1.165) is 11.2 Å². The minimum atomic E-state index is 0.571. The lowest BCUT2D eigenvalue weighted by molar-refractivity contribution is 0.181. The van der Waals surface area contributed by atoms with Gasteiger partial charge in [0.05, 0.1) is 17.8 Å². The van der Waals surface area contributed by atoms with Crippen LogP contribution in [0.25, 0.3) is 5.52 Å². The first kappa shape index (κ1) is 7.31. The van der Waals surface area contributed by atoms with Crippen LogP contribution >= 0.6 is 0 Å². The van der Waals surface area contributed by atoms with Gasteiger partial charge in [0.25, 0.3) is 0 Å². The number of pyridine rings is 1. The minimum Gasteiger partial charge on any atom is -0.378 e. The Hall–Kier alpha value is -1.35. The van der Waals surface area contributed by atoms with Gasteiger partial charge < -0.3 is 4.74 Å². The van der Waals surface area contributed by atoms with Crippen LogP contribution < -0.4 is 0 Å². The standard InChI is InChI=1S/C9H10N2O/c1-12-7-8-6-9-4-2-3-5-11(9)10-8/h2-6H,7H2,1H3. The monoisotopic (exact) mass is 162 g/mol. The van der Waals surface area contributed by atoms with E-state index in [1.54, 1.807) is 7.11 Å². The number of nitrogens with zero attached hydrogens (tertiary/aromatic N) is 2. The Labute approximate surface area is 70.6 Å². The van der Waals surface area contributed by atoms with E-state index in [0.29, 0.717) is 6.61 Å². The quantitative estimate of drug-likeness (QED) is 0.668. The van der Waals surface area contributed by atoms with Crippen molar-refractivity contribution in [2.24, 2.45) is 0 Å². The van der Waals surface area contributed by atoms with Gasteiger partial charge in [-0.3, -0.25) is 0 Å². The van der Waals surface area contributed by atoms with Crippen LogP contribution in [0.3, 0.4) is 0 Å². The van der Waals surface area contributed by atoms with Crippen molar-refractivity contribution in [1.82, 2.24) is 9.61 Å². The Morgan fingerprint density at radius 1 is 1.50 bits per heavy atom. The average molecular weight is 162 g/mol. The second kappa shape index (κ2) is 2.95. The third-order valence-corrected chi connectivity index (χ3v) is 1.71. The molecule has 0 aliphatic rings. The highest BCUT2D eigenvalue weighted by atomic mass is 16.5. The smallest absolute Gasteiger partial charge is 0.0903 e. The van der Waals surface area contributed by atoms with Crippen LogP contribution in [0.2, 0.25) is 0 Å². The highest BCUT2D eigenvalue weighted by Crippen LogP contribution is 2.05. The van der Waals surface area contributed by atoms with E-state index < -0.39 is 0 Å². The van der Waals surface area contributed by atoms with Crippen LogP contribution in [0.15, 0.2) is 30.5 Å². The average Bonchev–Trinajstić information content (AvgIpc) is 2.47. The van der Waals surface area contributed by atoms with E-state index in [1.165, 1.54) is 0 Å². The Balaban J connectivity index is 2.47. The zero-order chi connectivity index (χ0) is 8.39. The number of ether oxygens (including phenoxy) is 1. The summed E-state index contributed by atoms with van der Waals surface area (Å²) in [5, 5.41) is 4.29. The molecule has 2 aromatic rings. The molecule has 0 atom stereocenters. The normalized spacial score (nSPS) is 10.8. The van der Waals surface area contributed by atoms with Gasteiger partial charge in [0.1, 0.15) is 0 Å². The molecule has 0 bridgehead atoms. The predicted octanol–water partition coefficient (Wildman–Crippen LogP) is 1.48. The zero-order valence-corrected chi connectivity index (χ0v) is 6.90. The summed E-state index contributed by atoms with van der Waals surface area (Å²) < 4.78 is 6.82. The van der Waals surface area contributed by atoms with Gasteiger partial charge in [-0.05, 0) is 18.2 Å². The van der Waals surface area contributed by atoms with E-state index in [9.17, 15) is 0 Å². The lowest BCUT2D eigenvalue weighted by Gasteiger charge is -1.89. The predicted molar refractivity (Wildman–Crippen MR) is 45.9 cm³/mol. The fourth-order valence-corrected chi connectivity index (χ4v) is 1.21. The molecule has 0 amide bonds. The Morgan fingerprint density at radius 3 is 3.17 bits per heavy atom. The molecule has 62 valence electrons. The lowest BCUT2D eigenvalue weighted by atomic mass is 10.4. The van der Waals surface area contributed by atoms with Crippen molar-refractivity contribution in [3.05, 3.63) is 36.2 Å². The Kier molecular flexibility index (Phi) is 1.80. The van der Waals surface area contributed by atoms with Crippen molar-refractivity contribution in [3.8, 4) is 0 Å². The molecule has 0 fully saturated rings. The SMILES string of the molecule is COCc1cc2ccccn2n1. The van der Waals surface area contributed by atoms with E-state index in [-0.39, 0.29) is 0 Å². The molecule has 2 rings (SSSR count). The van der Waals surface area contributed by atoms with E-state index in [4.69, 9.17) is 4.74 Å². The number of rotatable bonds is 2. The summed E-state index contributed by atoms with van der Waals surface area (Å²) >= 11 is 0. The number of hydrogen-bond acceptors (Lipinski definition) is 2. The van der Waals surface area contributed by atoms with Crippen LogP contribution in [-0.4, -0.2) is 16.7 Å². The van der Waals surface area contributed by atoms with Crippen LogP contribution in [0.1, 0.15) is 5.69 Å². The summed E-state index contributed by atoms with van der Waals surface area (Å²) in [6.07, 6.45) is 1.93. The minimum absolute atomic E-state index is 0.571. The number of hydrogen-bond donors (Lipinski definition) is 0. The molecule has 0 radical (unpaired) electrons. The fraction of sp³-hybridized carbons (Fsp3) is 0.222. The number of fused-ring (bicyclic) bond motifs is 1. The van der Waals surface area contributed by atoms with Crippen molar-refractivity contribution in [1.29, 1.82) is 0 Å². The summed E-state index contributed by atoms with van der Waals surface area (Å²) in [6, 6.07) is 7.99. The largest absolute Gasteiger partial charge is 0.378 e. The van der Waals surface area contributed by atoms with Crippen molar-refractivity contribution < 1.29 is 4.74 Å². The highest BCUT2D eigenvalue weighted by molar-refractivity contribution is 5.46. The molecule has 0 spiro atoms. The van der Waals surface area contributed by atoms with Gasteiger partial charge in [0, 0.05) is 13.3 Å². The summed E-state index contributed by atoms with van der Waals surface area (Å²) in [6.45, 7) is 0.571. The molecule has 2 heterocycles. The van der Waals surface area contributed by atoms with Gasteiger partial charge in [-0.1, -0.05) is 6.07 Å². The molecule has 3 heteroatoms. The van der Waals surface area contributed by atoms with Crippen molar-refractivity contribution in [2.45, 2.75) is 6.61 Å². The van der Waals surface area contributed by atoms with Crippen LogP contribution in [0.5, 0.6) is 0 Å². The highest BCUT2D eigenvalue weighted by Gasteiger charge is 1.98. The Bertz CT molecular complexity index is 348. The maximum Gasteiger partial charge on any atom is 0.0903 e. The number of aromatic nitrogens is 2. The molecule has 0 saturated carbocycles. The molecule has 12 heavy (non-hydrogen) atoms. The maximum atomic E-state index is 4.98. The van der Waals surface area contributed by atoms with Crippen LogP contribution in [0, 0.1) is 0 Å². The molecule has 2 aromatic heterocycles. The molecular formula is C9H10N2O. The Morgan fingerprint density at radius 2 is 2.42 bits per heavy atom. The second-order valence-electron chi connectivity index (χ2n) is 2.64. The summed E-state index contributed by atoms with van der Waals surface area (Å²) in [7, 11) is 1.67. The summed E-state index contributed by atoms with van der Waals surface area (Å²) in [5.74, 6) is 0. The van der Waals surface area contributed by atoms with Crippen molar-refractivity contribution >= 4 is 5.52 Å². The third-order valence-electron chi connectivity index (χ3n) is 1.71. The topological polar surface area (TPSA) is 26.5 Å². The summed E-state index contributed by atoms with van der Waals surface area (Å²) in [4.78, 5) is 0. The first-order chi connectivity index (χ1) is 5.90. The van der Waals surface area contributed by atoms with E-state index in [2.05, 4.69) is 5.10 Å². The lowest BCUT2D eigenvalue weighted by Crippen LogP contribution is -1.89. The van der Waals surface area contributed by atoms with Crippen molar-refractivity contribution in [3.63, 3.8) is 0 Å². The van der Waals surface area contributed by atoms with Gasteiger partial charge in [0.15, 0.2) is 0 Å². The second-order valence-corrected chi connectivity index (χ2v) is 2.64. The zero-order valence-electron chi connectivity index (χ0n) is 6.90. The van der Waals surface area contributed by atoms with Crippen LogP contribution in [0.4, 0.5) is 0 Å². The third kappa shape index (κ3) is 1.19. The summed E-state index contributed by atoms with van der Waals surface area (Å²) in [5.41, 5.74) is 2.06. The van der Waals surface area contributed by atoms with Gasteiger partial charge in [-0.15, -0.1) is 0 Å². The first-order valence-electron chi connectivity index (χ1n) is 3.82. The molecule has 0 aliphatic heterocycles. The number of methoxy groups -OCH3 is 1. The maximum absolute atomic E-state index is 4.98. The van der Waals surface area contributed by atoms with Gasteiger partial charge >= 0.3 is 0 Å².